The molecule has 6 aromatic carbocycles. The zero-order valence-corrected chi connectivity index (χ0v) is 22.3. The molecule has 41 heavy (non-hydrogen) atoms. The zero-order chi connectivity index (χ0) is 27.2. The quantitative estimate of drug-likeness (QED) is 0.230. The average molecular weight is 524 g/mol. The first-order valence-corrected chi connectivity index (χ1v) is 13.8. The third-order valence-electron chi connectivity index (χ3n) is 7.87. The van der Waals surface area contributed by atoms with Crippen molar-refractivity contribution in [1.29, 1.82) is 0 Å². The van der Waals surface area contributed by atoms with Gasteiger partial charge in [-0.05, 0) is 57.3 Å². The van der Waals surface area contributed by atoms with Crippen molar-refractivity contribution in [3.8, 4) is 39.5 Å². The van der Waals surface area contributed by atoms with Crippen molar-refractivity contribution in [2.45, 2.75) is 0 Å². The summed E-state index contributed by atoms with van der Waals surface area (Å²) in [6.07, 6.45) is 1.87. The highest BCUT2D eigenvalue weighted by Gasteiger charge is 2.18. The molecule has 8 aromatic rings. The van der Waals surface area contributed by atoms with E-state index in [1.54, 1.807) is 0 Å². The molecule has 0 bridgehead atoms. The predicted octanol–water partition coefficient (Wildman–Crippen LogP) is 9.73. The summed E-state index contributed by atoms with van der Waals surface area (Å²) < 4.78 is 2.22. The summed E-state index contributed by atoms with van der Waals surface area (Å²) in [6, 6.07) is 51.2. The third-order valence-corrected chi connectivity index (χ3v) is 7.87. The van der Waals surface area contributed by atoms with Crippen LogP contribution in [0.1, 0.15) is 0 Å². The molecule has 0 atom stereocenters. The maximum atomic E-state index is 5.15. The Bertz CT molecular complexity index is 2200. The molecule has 0 N–H and O–H groups in total. The maximum absolute atomic E-state index is 5.15. The molecule has 0 unspecified atom stereocenters. The molecule has 0 aliphatic rings. The van der Waals surface area contributed by atoms with Gasteiger partial charge in [0.15, 0.2) is 0 Å². The summed E-state index contributed by atoms with van der Waals surface area (Å²) in [6.45, 7) is 0. The molecular weight excluding hydrogens is 498 g/mol. The van der Waals surface area contributed by atoms with E-state index in [0.29, 0.717) is 5.95 Å². The zero-order valence-electron chi connectivity index (χ0n) is 22.3. The summed E-state index contributed by atoms with van der Waals surface area (Å²) in [5.74, 6) is 0.660. The van der Waals surface area contributed by atoms with Gasteiger partial charge in [-0.1, -0.05) is 121 Å². The van der Waals surface area contributed by atoms with Crippen LogP contribution < -0.4 is 0 Å². The fourth-order valence-electron chi connectivity index (χ4n) is 5.92. The molecule has 3 nitrogen and oxygen atoms in total. The van der Waals surface area contributed by atoms with Crippen LogP contribution in [0.4, 0.5) is 0 Å². The van der Waals surface area contributed by atoms with Gasteiger partial charge in [0.25, 0.3) is 0 Å². The Morgan fingerprint density at radius 3 is 1.93 bits per heavy atom. The fraction of sp³-hybridized carbons (Fsp3) is 0. The van der Waals surface area contributed by atoms with Crippen LogP contribution in [0.25, 0.3) is 72.0 Å². The molecule has 3 heteroatoms. The predicted molar refractivity (Wildman–Crippen MR) is 170 cm³/mol. The van der Waals surface area contributed by atoms with Crippen LogP contribution in [-0.4, -0.2) is 14.5 Å². The lowest BCUT2D eigenvalue weighted by molar-refractivity contribution is 0.992. The Hall–Kier alpha value is -5.54. The Balaban J connectivity index is 1.37. The van der Waals surface area contributed by atoms with Crippen molar-refractivity contribution < 1.29 is 0 Å². The Morgan fingerprint density at radius 1 is 0.439 bits per heavy atom. The monoisotopic (exact) mass is 523 g/mol. The highest BCUT2D eigenvalue weighted by Crippen LogP contribution is 2.38. The van der Waals surface area contributed by atoms with E-state index >= 15 is 0 Å². The molecule has 0 amide bonds. The Morgan fingerprint density at radius 2 is 1.12 bits per heavy atom. The second kappa shape index (κ2) is 9.58. The lowest BCUT2D eigenvalue weighted by Gasteiger charge is -2.10. The van der Waals surface area contributed by atoms with Crippen LogP contribution in [-0.2, 0) is 0 Å². The van der Waals surface area contributed by atoms with Crippen molar-refractivity contribution in [2.75, 3.05) is 0 Å². The van der Waals surface area contributed by atoms with E-state index < -0.39 is 0 Å². The van der Waals surface area contributed by atoms with Gasteiger partial charge in [0.1, 0.15) is 0 Å². The van der Waals surface area contributed by atoms with Crippen molar-refractivity contribution in [2.24, 2.45) is 0 Å². The second-order valence-electron chi connectivity index (χ2n) is 10.3. The van der Waals surface area contributed by atoms with Crippen molar-refractivity contribution in [1.82, 2.24) is 14.5 Å². The van der Waals surface area contributed by atoms with Crippen LogP contribution in [0.15, 0.2) is 152 Å². The minimum Gasteiger partial charge on any atom is -0.278 e. The molecule has 2 heterocycles. The Kier molecular flexibility index (Phi) is 5.46. The molecule has 2 aromatic heterocycles. The van der Waals surface area contributed by atoms with Crippen LogP contribution >= 0.6 is 0 Å². The van der Waals surface area contributed by atoms with Gasteiger partial charge in [-0.3, -0.25) is 4.57 Å². The number of hydrogen-bond donors (Lipinski definition) is 0. The highest BCUT2D eigenvalue weighted by atomic mass is 15.2. The number of aromatic nitrogens is 3. The largest absolute Gasteiger partial charge is 0.278 e. The second-order valence-corrected chi connectivity index (χ2v) is 10.3. The molecule has 0 spiro atoms. The third kappa shape index (κ3) is 3.98. The van der Waals surface area contributed by atoms with Crippen molar-refractivity contribution in [3.05, 3.63) is 152 Å². The van der Waals surface area contributed by atoms with Crippen molar-refractivity contribution in [3.63, 3.8) is 0 Å². The first kappa shape index (κ1) is 23.4. The summed E-state index contributed by atoms with van der Waals surface area (Å²) in [7, 11) is 0. The van der Waals surface area contributed by atoms with E-state index in [1.165, 1.54) is 38.2 Å². The molecule has 8 rings (SSSR count). The molecular formula is C38H25N3. The van der Waals surface area contributed by atoms with E-state index in [-0.39, 0.29) is 0 Å². The summed E-state index contributed by atoms with van der Waals surface area (Å²) in [4.78, 5) is 9.98. The van der Waals surface area contributed by atoms with E-state index in [2.05, 4.69) is 138 Å². The minimum atomic E-state index is 0.660. The number of fused-ring (bicyclic) bond motifs is 5. The van der Waals surface area contributed by atoms with E-state index in [4.69, 9.17) is 9.97 Å². The standard InChI is InChI=1S/C38H25N3/c1-3-10-26(11-4-1)29-15-9-16-31(24-29)34-22-23-39-38(40-34)41-35-21-19-28-14-7-8-17-32(28)37(35)33-20-18-30(25-36(33)41)27-12-5-2-6-13-27/h1-25H. The molecule has 0 fully saturated rings. The first-order valence-electron chi connectivity index (χ1n) is 13.8. The van der Waals surface area contributed by atoms with Gasteiger partial charge in [0, 0.05) is 22.5 Å². The molecule has 0 aliphatic carbocycles. The van der Waals surface area contributed by atoms with Gasteiger partial charge in [0.2, 0.25) is 5.95 Å². The van der Waals surface area contributed by atoms with Crippen molar-refractivity contribution >= 4 is 32.6 Å². The fourth-order valence-corrected chi connectivity index (χ4v) is 5.92. The lowest BCUT2D eigenvalue weighted by atomic mass is 10.0. The van der Waals surface area contributed by atoms with Crippen LogP contribution in [0.2, 0.25) is 0 Å². The van der Waals surface area contributed by atoms with Crippen LogP contribution in [0, 0.1) is 0 Å². The van der Waals surface area contributed by atoms with E-state index in [0.717, 1.165) is 27.9 Å². The molecule has 192 valence electrons. The summed E-state index contributed by atoms with van der Waals surface area (Å²) in [5, 5.41) is 4.86. The van der Waals surface area contributed by atoms with Gasteiger partial charge in [-0.25, -0.2) is 9.97 Å². The number of hydrogen-bond acceptors (Lipinski definition) is 2. The van der Waals surface area contributed by atoms with Crippen LogP contribution in [0.5, 0.6) is 0 Å². The van der Waals surface area contributed by atoms with Gasteiger partial charge in [-0.15, -0.1) is 0 Å². The summed E-state index contributed by atoms with van der Waals surface area (Å²) >= 11 is 0. The summed E-state index contributed by atoms with van der Waals surface area (Å²) in [5.41, 5.74) is 8.84. The van der Waals surface area contributed by atoms with Gasteiger partial charge in [0.05, 0.1) is 16.7 Å². The van der Waals surface area contributed by atoms with Gasteiger partial charge < -0.3 is 0 Å². The van der Waals surface area contributed by atoms with Gasteiger partial charge >= 0.3 is 0 Å². The molecule has 0 aliphatic heterocycles. The normalized spacial score (nSPS) is 11.4. The topological polar surface area (TPSA) is 30.7 Å². The number of nitrogens with zero attached hydrogens (tertiary/aromatic N) is 3. The minimum absolute atomic E-state index is 0.660. The Labute approximate surface area is 238 Å². The average Bonchev–Trinajstić information content (AvgIpc) is 3.40. The SMILES string of the molecule is c1ccc(-c2cccc(-c3ccnc(-n4c5cc(-c6ccccc6)ccc5c5c6ccccc6ccc54)n3)c2)cc1. The molecule has 0 saturated heterocycles. The first-order chi connectivity index (χ1) is 20.3. The smallest absolute Gasteiger partial charge is 0.235 e. The maximum Gasteiger partial charge on any atom is 0.235 e. The van der Waals surface area contributed by atoms with E-state index in [9.17, 15) is 0 Å². The molecule has 0 radical (unpaired) electrons. The van der Waals surface area contributed by atoms with E-state index in [1.807, 2.05) is 18.3 Å². The van der Waals surface area contributed by atoms with Crippen LogP contribution in [0.3, 0.4) is 0 Å². The lowest BCUT2D eigenvalue weighted by Crippen LogP contribution is -2.02. The number of benzene rings is 6. The van der Waals surface area contributed by atoms with Gasteiger partial charge in [-0.2, -0.15) is 0 Å². The molecule has 0 saturated carbocycles. The number of rotatable bonds is 4. The highest BCUT2D eigenvalue weighted by molar-refractivity contribution is 6.21.